The van der Waals surface area contributed by atoms with E-state index in [4.69, 9.17) is 23.8 Å². The Kier molecular flexibility index (Phi) is 5.96. The Morgan fingerprint density at radius 2 is 1.65 bits per heavy atom. The van der Waals surface area contributed by atoms with Crippen LogP contribution in [0.3, 0.4) is 0 Å². The zero-order chi connectivity index (χ0) is 16.8. The first-order valence-electron chi connectivity index (χ1n) is 7.07. The van der Waals surface area contributed by atoms with E-state index in [1.54, 1.807) is 18.3 Å². The zero-order valence-corrected chi connectivity index (χ0v) is 14.9. The molecule has 0 heterocycles. The number of hydrogen-bond acceptors (Lipinski definition) is 3. The highest BCUT2D eigenvalue weighted by Crippen LogP contribution is 2.14. The van der Waals surface area contributed by atoms with Crippen LogP contribution in [0.1, 0.15) is 5.56 Å². The predicted octanol–water partition coefficient (Wildman–Crippen LogP) is 4.07. The van der Waals surface area contributed by atoms with E-state index in [0.717, 1.165) is 16.9 Å². The van der Waals surface area contributed by atoms with E-state index in [-0.39, 0.29) is 0 Å². The van der Waals surface area contributed by atoms with E-state index in [1.807, 2.05) is 62.6 Å². The fourth-order valence-corrected chi connectivity index (χ4v) is 2.09. The molecular weight excluding hydrogens is 328 g/mol. The second-order valence-electron chi connectivity index (χ2n) is 5.19. The van der Waals surface area contributed by atoms with Crippen LogP contribution in [-0.4, -0.2) is 37.5 Å². The van der Waals surface area contributed by atoms with Gasteiger partial charge in [-0.05, 0) is 54.2 Å². The van der Waals surface area contributed by atoms with Crippen molar-refractivity contribution in [1.82, 2.24) is 5.01 Å². The first-order valence-corrected chi connectivity index (χ1v) is 7.86. The standard InChI is InChI=1S/C17H19ClN4S/c1-21(2)16-10-4-13(5-11-16)12-19-22(3)17(23)20-15-8-6-14(18)7-9-15/h4-12H,1-3H3,(H,20,23)/b19-12+. The van der Waals surface area contributed by atoms with Crippen LogP contribution in [-0.2, 0) is 0 Å². The number of anilines is 2. The van der Waals surface area contributed by atoms with E-state index in [0.29, 0.717) is 10.1 Å². The molecule has 0 amide bonds. The van der Waals surface area contributed by atoms with Gasteiger partial charge in [-0.2, -0.15) is 5.10 Å². The molecule has 0 atom stereocenters. The molecule has 1 N–H and O–H groups in total. The summed E-state index contributed by atoms with van der Waals surface area (Å²) < 4.78 is 0. The van der Waals surface area contributed by atoms with Gasteiger partial charge in [0, 0.05) is 37.5 Å². The molecule has 0 radical (unpaired) electrons. The quantitative estimate of drug-likeness (QED) is 0.513. The topological polar surface area (TPSA) is 30.9 Å². The lowest BCUT2D eigenvalue weighted by atomic mass is 10.2. The molecule has 0 aromatic heterocycles. The monoisotopic (exact) mass is 346 g/mol. The Hall–Kier alpha value is -2.11. The molecule has 0 aliphatic heterocycles. The maximum atomic E-state index is 5.86. The molecular formula is C17H19ClN4S. The Labute approximate surface area is 147 Å². The van der Waals surface area contributed by atoms with Crippen LogP contribution >= 0.6 is 23.8 Å². The van der Waals surface area contributed by atoms with Crippen molar-refractivity contribution >= 4 is 46.5 Å². The summed E-state index contributed by atoms with van der Waals surface area (Å²) in [5, 5.41) is 10.3. The number of rotatable bonds is 4. The molecule has 0 aliphatic carbocycles. The zero-order valence-electron chi connectivity index (χ0n) is 13.3. The minimum Gasteiger partial charge on any atom is -0.378 e. The number of halogens is 1. The van der Waals surface area contributed by atoms with Gasteiger partial charge >= 0.3 is 0 Å². The molecule has 0 saturated carbocycles. The molecule has 0 saturated heterocycles. The van der Waals surface area contributed by atoms with Crippen LogP contribution < -0.4 is 10.2 Å². The summed E-state index contributed by atoms with van der Waals surface area (Å²) in [4.78, 5) is 2.05. The second kappa shape index (κ2) is 7.94. The van der Waals surface area contributed by atoms with Crippen LogP contribution in [0.4, 0.5) is 11.4 Å². The Morgan fingerprint density at radius 1 is 1.04 bits per heavy atom. The van der Waals surface area contributed by atoms with Crippen molar-refractivity contribution < 1.29 is 0 Å². The molecule has 2 aromatic carbocycles. The number of hydrogen-bond donors (Lipinski definition) is 1. The van der Waals surface area contributed by atoms with Gasteiger partial charge in [0.1, 0.15) is 0 Å². The molecule has 120 valence electrons. The minimum atomic E-state index is 0.508. The van der Waals surface area contributed by atoms with Crippen molar-refractivity contribution in [2.75, 3.05) is 31.4 Å². The van der Waals surface area contributed by atoms with E-state index >= 15 is 0 Å². The summed E-state index contributed by atoms with van der Waals surface area (Å²) >= 11 is 11.2. The van der Waals surface area contributed by atoms with Crippen LogP contribution in [0.5, 0.6) is 0 Å². The highest BCUT2D eigenvalue weighted by molar-refractivity contribution is 7.80. The van der Waals surface area contributed by atoms with Gasteiger partial charge in [0.25, 0.3) is 0 Å². The van der Waals surface area contributed by atoms with Crippen molar-refractivity contribution in [3.8, 4) is 0 Å². The van der Waals surface area contributed by atoms with E-state index in [1.165, 1.54) is 0 Å². The fourth-order valence-electron chi connectivity index (χ4n) is 1.80. The van der Waals surface area contributed by atoms with E-state index in [9.17, 15) is 0 Å². The minimum absolute atomic E-state index is 0.508. The van der Waals surface area contributed by atoms with E-state index < -0.39 is 0 Å². The molecule has 0 bridgehead atoms. The average Bonchev–Trinajstić information content (AvgIpc) is 2.55. The lowest BCUT2D eigenvalue weighted by Gasteiger charge is -2.16. The van der Waals surface area contributed by atoms with Crippen molar-refractivity contribution in [2.45, 2.75) is 0 Å². The Bertz CT molecular complexity index is 681. The molecule has 0 aliphatic rings. The molecule has 23 heavy (non-hydrogen) atoms. The summed E-state index contributed by atoms with van der Waals surface area (Å²) in [6.07, 6.45) is 1.77. The Balaban J connectivity index is 1.95. The molecule has 4 nitrogen and oxygen atoms in total. The van der Waals surface area contributed by atoms with Gasteiger partial charge in [-0.25, -0.2) is 5.01 Å². The van der Waals surface area contributed by atoms with Crippen molar-refractivity contribution in [3.05, 3.63) is 59.1 Å². The van der Waals surface area contributed by atoms with Crippen molar-refractivity contribution in [2.24, 2.45) is 5.10 Å². The van der Waals surface area contributed by atoms with Crippen molar-refractivity contribution in [3.63, 3.8) is 0 Å². The third kappa shape index (κ3) is 5.23. The van der Waals surface area contributed by atoms with Crippen LogP contribution in [0.25, 0.3) is 0 Å². The number of nitrogens with one attached hydrogen (secondary N) is 1. The normalized spacial score (nSPS) is 10.6. The third-order valence-corrected chi connectivity index (χ3v) is 3.80. The number of benzene rings is 2. The molecule has 2 rings (SSSR count). The third-order valence-electron chi connectivity index (χ3n) is 3.18. The van der Waals surface area contributed by atoms with Gasteiger partial charge in [0.15, 0.2) is 5.11 Å². The largest absolute Gasteiger partial charge is 0.378 e. The number of thiocarbonyl (C=S) groups is 1. The highest BCUT2D eigenvalue weighted by Gasteiger charge is 2.02. The number of hydrazone groups is 1. The SMILES string of the molecule is CN(/N=C/c1ccc(N(C)C)cc1)C(=S)Nc1ccc(Cl)cc1. The van der Waals surface area contributed by atoms with Gasteiger partial charge in [-0.15, -0.1) is 0 Å². The molecule has 2 aromatic rings. The number of nitrogens with zero attached hydrogens (tertiary/aromatic N) is 3. The highest BCUT2D eigenvalue weighted by atomic mass is 35.5. The molecule has 0 unspecified atom stereocenters. The van der Waals surface area contributed by atoms with Crippen LogP contribution in [0, 0.1) is 0 Å². The van der Waals surface area contributed by atoms with Crippen LogP contribution in [0.2, 0.25) is 5.02 Å². The summed E-state index contributed by atoms with van der Waals surface area (Å²) in [6, 6.07) is 15.5. The van der Waals surface area contributed by atoms with Crippen molar-refractivity contribution in [1.29, 1.82) is 0 Å². The summed E-state index contributed by atoms with van der Waals surface area (Å²) in [5.74, 6) is 0. The van der Waals surface area contributed by atoms with Gasteiger partial charge < -0.3 is 10.2 Å². The molecule has 0 spiro atoms. The first kappa shape index (κ1) is 17.2. The van der Waals surface area contributed by atoms with Crippen LogP contribution in [0.15, 0.2) is 53.6 Å². The maximum Gasteiger partial charge on any atom is 0.193 e. The van der Waals surface area contributed by atoms with Gasteiger partial charge in [-0.1, -0.05) is 23.7 Å². The van der Waals surface area contributed by atoms with Gasteiger partial charge in [0.05, 0.1) is 6.21 Å². The molecule has 6 heteroatoms. The molecule has 0 fully saturated rings. The maximum absolute atomic E-state index is 5.86. The predicted molar refractivity (Wildman–Crippen MR) is 104 cm³/mol. The fraction of sp³-hybridized carbons (Fsp3) is 0.176. The average molecular weight is 347 g/mol. The lowest BCUT2D eigenvalue weighted by molar-refractivity contribution is 0.557. The smallest absolute Gasteiger partial charge is 0.193 e. The first-order chi connectivity index (χ1) is 11.0. The van der Waals surface area contributed by atoms with Gasteiger partial charge in [-0.3, -0.25) is 0 Å². The summed E-state index contributed by atoms with van der Waals surface area (Å²) in [6.45, 7) is 0. The van der Waals surface area contributed by atoms with E-state index in [2.05, 4.69) is 15.3 Å². The summed E-state index contributed by atoms with van der Waals surface area (Å²) in [7, 11) is 5.82. The lowest BCUT2D eigenvalue weighted by Crippen LogP contribution is -2.26. The van der Waals surface area contributed by atoms with Gasteiger partial charge in [0.2, 0.25) is 0 Å². The summed E-state index contributed by atoms with van der Waals surface area (Å²) in [5.41, 5.74) is 3.03. The Morgan fingerprint density at radius 3 is 2.22 bits per heavy atom. The second-order valence-corrected chi connectivity index (χ2v) is 6.01.